The van der Waals surface area contributed by atoms with Crippen LogP contribution in [0, 0.1) is 0 Å². The van der Waals surface area contributed by atoms with Crippen molar-refractivity contribution >= 4 is 40.9 Å². The summed E-state index contributed by atoms with van der Waals surface area (Å²) in [4.78, 5) is 37.1. The zero-order chi connectivity index (χ0) is 18.1. The molecule has 138 valence electrons. The lowest BCUT2D eigenvalue weighted by Crippen LogP contribution is -2.51. The molecule has 0 spiro atoms. The van der Waals surface area contributed by atoms with Crippen LogP contribution >= 0.6 is 23.2 Å². The second-order valence-electron chi connectivity index (χ2n) is 6.83. The largest absolute Gasteiger partial charge is 0.364 e. The van der Waals surface area contributed by atoms with Gasteiger partial charge in [-0.25, -0.2) is 0 Å². The van der Waals surface area contributed by atoms with Crippen molar-refractivity contribution in [1.29, 1.82) is 0 Å². The van der Waals surface area contributed by atoms with Crippen LogP contribution in [0.2, 0.25) is 0 Å². The summed E-state index contributed by atoms with van der Waals surface area (Å²) >= 11 is 12.3. The van der Waals surface area contributed by atoms with Crippen LogP contribution in [0.3, 0.4) is 0 Å². The van der Waals surface area contributed by atoms with Gasteiger partial charge in [-0.1, -0.05) is 0 Å². The van der Waals surface area contributed by atoms with E-state index in [2.05, 4.69) is 5.43 Å². The maximum absolute atomic E-state index is 12.4. The summed E-state index contributed by atoms with van der Waals surface area (Å²) in [5.74, 6) is -1.37. The van der Waals surface area contributed by atoms with E-state index in [1.165, 1.54) is 0 Å². The van der Waals surface area contributed by atoms with Crippen molar-refractivity contribution in [3.63, 3.8) is 0 Å². The highest BCUT2D eigenvalue weighted by atomic mass is 35.5. The zero-order valence-electron chi connectivity index (χ0n) is 14.1. The summed E-state index contributed by atoms with van der Waals surface area (Å²) in [5, 5.41) is 0.603. The first-order chi connectivity index (χ1) is 11.9. The molecule has 0 aromatic rings. The summed E-state index contributed by atoms with van der Waals surface area (Å²) in [5.41, 5.74) is 3.47. The molecule has 3 rings (SSSR count). The van der Waals surface area contributed by atoms with Gasteiger partial charge in [-0.05, 0) is 51.9 Å². The molecule has 2 aliphatic carbocycles. The molecule has 4 unspecified atom stereocenters. The fraction of sp³-hybridized carbons (Fsp3) is 0.706. The lowest BCUT2D eigenvalue weighted by molar-refractivity contribution is -0.152. The molecule has 1 aliphatic heterocycles. The number of hydrogen-bond acceptors (Lipinski definition) is 4. The van der Waals surface area contributed by atoms with Gasteiger partial charge in [0.2, 0.25) is 0 Å². The number of rotatable bonds is 4. The first kappa shape index (κ1) is 18.7. The third-order valence-electron chi connectivity index (χ3n) is 5.01. The molecule has 8 heteroatoms. The van der Waals surface area contributed by atoms with E-state index >= 15 is 0 Å². The van der Waals surface area contributed by atoms with Gasteiger partial charge in [0, 0.05) is 16.5 Å². The Morgan fingerprint density at radius 2 is 1.76 bits per heavy atom. The van der Waals surface area contributed by atoms with E-state index in [9.17, 15) is 14.4 Å². The predicted octanol–water partition coefficient (Wildman–Crippen LogP) is 2.43. The lowest BCUT2D eigenvalue weighted by Gasteiger charge is -2.32. The number of hydrazine groups is 1. The molecule has 25 heavy (non-hydrogen) atoms. The Bertz CT molecular complexity index is 594. The number of halogens is 2. The topological polar surface area (TPSA) is 75.7 Å². The summed E-state index contributed by atoms with van der Waals surface area (Å²) in [6.45, 7) is 1.59. The van der Waals surface area contributed by atoms with Gasteiger partial charge in [0.05, 0.1) is 11.5 Å². The lowest BCUT2D eigenvalue weighted by atomic mass is 9.93. The summed E-state index contributed by atoms with van der Waals surface area (Å²) < 4.78 is 5.75. The molecule has 1 N–H and O–H groups in total. The Labute approximate surface area is 156 Å². The highest BCUT2D eigenvalue weighted by Gasteiger charge is 2.41. The van der Waals surface area contributed by atoms with E-state index in [0.29, 0.717) is 36.8 Å². The maximum Gasteiger partial charge on any atom is 0.276 e. The van der Waals surface area contributed by atoms with Crippen LogP contribution in [0.1, 0.15) is 51.9 Å². The maximum atomic E-state index is 12.4. The molecule has 0 aromatic carbocycles. The highest BCUT2D eigenvalue weighted by molar-refractivity contribution is 6.24. The first-order valence-corrected chi connectivity index (χ1v) is 9.60. The number of ether oxygens (including phenoxy) is 1. The van der Waals surface area contributed by atoms with Crippen molar-refractivity contribution in [2.45, 2.75) is 74.8 Å². The SMILES string of the molecule is CC(OC1CCC(Cl)CC1Cl)C(=O)NN1C(=O)C2=C(CCCC2)C1=O. The number of amides is 3. The van der Waals surface area contributed by atoms with Gasteiger partial charge in [0.1, 0.15) is 6.10 Å². The van der Waals surface area contributed by atoms with Crippen molar-refractivity contribution in [2.75, 3.05) is 0 Å². The second-order valence-corrected chi connectivity index (χ2v) is 8.01. The number of alkyl halides is 2. The van der Waals surface area contributed by atoms with Crippen molar-refractivity contribution in [1.82, 2.24) is 10.4 Å². The Morgan fingerprint density at radius 3 is 2.32 bits per heavy atom. The van der Waals surface area contributed by atoms with Crippen LogP contribution in [0.15, 0.2) is 11.1 Å². The molecule has 4 atom stereocenters. The Morgan fingerprint density at radius 1 is 1.16 bits per heavy atom. The van der Waals surface area contributed by atoms with Gasteiger partial charge in [0.25, 0.3) is 17.7 Å². The average molecular weight is 389 g/mol. The molecule has 0 saturated heterocycles. The Hall–Kier alpha value is -1.11. The van der Waals surface area contributed by atoms with E-state index in [1.54, 1.807) is 6.92 Å². The molecular formula is C17H22Cl2N2O4. The number of carbonyl (C=O) groups excluding carboxylic acids is 3. The van der Waals surface area contributed by atoms with Crippen molar-refractivity contribution < 1.29 is 19.1 Å². The third-order valence-corrected chi connectivity index (χ3v) is 5.86. The van der Waals surface area contributed by atoms with E-state index in [0.717, 1.165) is 24.3 Å². The van der Waals surface area contributed by atoms with Crippen molar-refractivity contribution in [2.24, 2.45) is 0 Å². The van der Waals surface area contributed by atoms with Gasteiger partial charge in [-0.2, -0.15) is 5.01 Å². The number of hydrogen-bond donors (Lipinski definition) is 1. The van der Waals surface area contributed by atoms with E-state index in [4.69, 9.17) is 27.9 Å². The summed E-state index contributed by atoms with van der Waals surface area (Å²) in [7, 11) is 0. The number of nitrogens with zero attached hydrogens (tertiary/aromatic N) is 1. The number of carbonyl (C=O) groups is 3. The molecule has 0 aromatic heterocycles. The molecule has 3 amide bonds. The zero-order valence-corrected chi connectivity index (χ0v) is 15.6. The number of imide groups is 1. The first-order valence-electron chi connectivity index (χ1n) is 8.73. The van der Waals surface area contributed by atoms with Crippen LogP contribution in [-0.2, 0) is 19.1 Å². The quantitative estimate of drug-likeness (QED) is 0.592. The number of nitrogens with one attached hydrogen (secondary N) is 1. The highest BCUT2D eigenvalue weighted by Crippen LogP contribution is 2.32. The average Bonchev–Trinajstić information content (AvgIpc) is 2.82. The molecular weight excluding hydrogens is 367 g/mol. The minimum atomic E-state index is -0.823. The van der Waals surface area contributed by atoms with Gasteiger partial charge >= 0.3 is 0 Å². The second kappa shape index (κ2) is 7.64. The summed E-state index contributed by atoms with van der Waals surface area (Å²) in [6, 6.07) is 0. The minimum Gasteiger partial charge on any atom is -0.364 e. The smallest absolute Gasteiger partial charge is 0.276 e. The van der Waals surface area contributed by atoms with Gasteiger partial charge in [-0.15, -0.1) is 23.2 Å². The summed E-state index contributed by atoms with van der Waals surface area (Å²) in [6.07, 6.45) is 3.95. The van der Waals surface area contributed by atoms with Gasteiger partial charge < -0.3 is 4.74 Å². The molecule has 3 aliphatic rings. The molecule has 1 fully saturated rings. The fourth-order valence-electron chi connectivity index (χ4n) is 3.56. The third kappa shape index (κ3) is 3.86. The van der Waals surface area contributed by atoms with Crippen LogP contribution in [0.5, 0.6) is 0 Å². The predicted molar refractivity (Wildman–Crippen MR) is 93.0 cm³/mol. The Balaban J connectivity index is 1.57. The molecule has 0 radical (unpaired) electrons. The fourth-order valence-corrected chi connectivity index (χ4v) is 4.37. The molecule has 1 saturated carbocycles. The van der Waals surface area contributed by atoms with Gasteiger partial charge in [0.15, 0.2) is 0 Å². The van der Waals surface area contributed by atoms with Crippen LogP contribution < -0.4 is 5.43 Å². The van der Waals surface area contributed by atoms with Crippen LogP contribution in [0.25, 0.3) is 0 Å². The molecule has 0 bridgehead atoms. The monoisotopic (exact) mass is 388 g/mol. The van der Waals surface area contributed by atoms with Crippen molar-refractivity contribution in [3.8, 4) is 0 Å². The molecule has 1 heterocycles. The minimum absolute atomic E-state index is 0.0312. The Kier molecular flexibility index (Phi) is 5.71. The van der Waals surface area contributed by atoms with Gasteiger partial charge in [-0.3, -0.25) is 19.8 Å². The van der Waals surface area contributed by atoms with E-state index < -0.39 is 23.8 Å². The van der Waals surface area contributed by atoms with E-state index in [1.807, 2.05) is 0 Å². The van der Waals surface area contributed by atoms with Crippen LogP contribution in [0.4, 0.5) is 0 Å². The normalized spacial score (nSPS) is 31.2. The molecule has 6 nitrogen and oxygen atoms in total. The standard InChI is InChI=1S/C17H22Cl2N2O4/c1-9(25-14-7-6-10(18)8-13(14)19)15(22)20-21-16(23)11-4-2-3-5-12(11)17(21)24/h9-10,13-14H,2-8H2,1H3,(H,20,22). The van der Waals surface area contributed by atoms with Crippen LogP contribution in [-0.4, -0.2) is 45.7 Å². The van der Waals surface area contributed by atoms with E-state index in [-0.39, 0.29) is 16.9 Å². The van der Waals surface area contributed by atoms with Crippen molar-refractivity contribution in [3.05, 3.63) is 11.1 Å².